The second-order valence-corrected chi connectivity index (χ2v) is 5.55. The van der Waals surface area contributed by atoms with Crippen molar-refractivity contribution in [2.45, 2.75) is 13.8 Å². The zero-order valence-corrected chi connectivity index (χ0v) is 14.4. The van der Waals surface area contributed by atoms with Crippen LogP contribution >= 0.6 is 0 Å². The second-order valence-electron chi connectivity index (χ2n) is 5.55. The Morgan fingerprint density at radius 2 is 1.76 bits per heavy atom. The van der Waals surface area contributed by atoms with Crippen LogP contribution in [0.2, 0.25) is 0 Å². The van der Waals surface area contributed by atoms with E-state index in [4.69, 9.17) is 0 Å². The summed E-state index contributed by atoms with van der Waals surface area (Å²) in [7, 11) is 0. The summed E-state index contributed by atoms with van der Waals surface area (Å²) >= 11 is 0. The van der Waals surface area contributed by atoms with Gasteiger partial charge in [0.25, 0.3) is 0 Å². The Hall–Kier alpha value is -3.15. The molecule has 0 bridgehead atoms. The van der Waals surface area contributed by atoms with Crippen molar-refractivity contribution in [3.05, 3.63) is 54.9 Å². The van der Waals surface area contributed by atoms with Gasteiger partial charge in [-0.3, -0.25) is 0 Å². The first-order valence-corrected chi connectivity index (χ1v) is 8.34. The third-order valence-corrected chi connectivity index (χ3v) is 3.97. The van der Waals surface area contributed by atoms with Crippen molar-refractivity contribution in [3.63, 3.8) is 0 Å². The van der Waals surface area contributed by atoms with Crippen molar-refractivity contribution >= 4 is 34.1 Å². The van der Waals surface area contributed by atoms with Gasteiger partial charge in [-0.25, -0.2) is 14.8 Å². The number of benzene rings is 2. The molecule has 0 aliphatic heterocycles. The fraction of sp³-hybridized carbons (Fsp3) is 0.211. The molecule has 0 atom stereocenters. The van der Waals surface area contributed by atoms with Crippen molar-refractivity contribution < 1.29 is 4.79 Å². The summed E-state index contributed by atoms with van der Waals surface area (Å²) in [5, 5.41) is 7.17. The molecule has 0 saturated heterocycles. The van der Waals surface area contributed by atoms with Crippen LogP contribution in [0.1, 0.15) is 13.8 Å². The number of hydrogen-bond donors (Lipinski definition) is 2. The van der Waals surface area contributed by atoms with Crippen LogP contribution in [0, 0.1) is 0 Å². The summed E-state index contributed by atoms with van der Waals surface area (Å²) in [5.41, 5.74) is 2.47. The summed E-state index contributed by atoms with van der Waals surface area (Å²) in [6.07, 6.45) is 1.54. The average molecular weight is 335 g/mol. The fourth-order valence-corrected chi connectivity index (χ4v) is 2.63. The number of para-hydroxylation sites is 1. The standard InChI is InChI=1S/C19H21N5O/c1-3-24(4-2)19(25)23-15-9-7-8-14(12-15)22-18-16-10-5-6-11-17(16)20-13-21-18/h5-13H,3-4H2,1-2H3,(H,23,25)(H,20,21,22). The fourth-order valence-electron chi connectivity index (χ4n) is 2.63. The lowest BCUT2D eigenvalue weighted by Crippen LogP contribution is -2.34. The Labute approximate surface area is 146 Å². The van der Waals surface area contributed by atoms with Crippen molar-refractivity contribution in [1.29, 1.82) is 0 Å². The largest absolute Gasteiger partial charge is 0.340 e. The first-order chi connectivity index (χ1) is 12.2. The number of nitrogens with one attached hydrogen (secondary N) is 2. The van der Waals surface area contributed by atoms with Crippen molar-refractivity contribution in [2.24, 2.45) is 0 Å². The van der Waals surface area contributed by atoms with E-state index < -0.39 is 0 Å². The normalized spacial score (nSPS) is 10.5. The second kappa shape index (κ2) is 7.61. The Morgan fingerprint density at radius 1 is 1.00 bits per heavy atom. The van der Waals surface area contributed by atoms with E-state index in [1.54, 1.807) is 4.90 Å². The number of fused-ring (bicyclic) bond motifs is 1. The van der Waals surface area contributed by atoms with Gasteiger partial charge >= 0.3 is 6.03 Å². The molecule has 2 N–H and O–H groups in total. The maximum Gasteiger partial charge on any atom is 0.321 e. The highest BCUT2D eigenvalue weighted by molar-refractivity contribution is 5.92. The van der Waals surface area contributed by atoms with Crippen LogP contribution in [-0.4, -0.2) is 34.0 Å². The number of nitrogens with zero attached hydrogens (tertiary/aromatic N) is 3. The van der Waals surface area contributed by atoms with Crippen LogP contribution in [-0.2, 0) is 0 Å². The molecule has 0 saturated carbocycles. The molecule has 0 radical (unpaired) electrons. The zero-order valence-electron chi connectivity index (χ0n) is 14.4. The van der Waals surface area contributed by atoms with E-state index >= 15 is 0 Å². The Kier molecular flexibility index (Phi) is 5.09. The lowest BCUT2D eigenvalue weighted by molar-refractivity contribution is 0.217. The number of carbonyl (C=O) groups is 1. The average Bonchev–Trinajstić information content (AvgIpc) is 2.63. The summed E-state index contributed by atoms with van der Waals surface area (Å²) in [6.45, 7) is 5.27. The predicted octanol–water partition coefficient (Wildman–Crippen LogP) is 4.25. The molecule has 1 heterocycles. The maximum atomic E-state index is 12.2. The van der Waals surface area contributed by atoms with E-state index in [1.165, 1.54) is 6.33 Å². The molecule has 2 aromatic carbocycles. The van der Waals surface area contributed by atoms with Crippen LogP contribution in [0.15, 0.2) is 54.9 Å². The van der Waals surface area contributed by atoms with E-state index in [-0.39, 0.29) is 6.03 Å². The van der Waals surface area contributed by atoms with Gasteiger partial charge in [-0.15, -0.1) is 0 Å². The Bertz CT molecular complexity index is 871. The number of urea groups is 1. The van der Waals surface area contributed by atoms with Gasteiger partial charge in [-0.2, -0.15) is 0 Å². The number of carbonyl (C=O) groups excluding carboxylic acids is 1. The molecule has 1 aromatic heterocycles. The summed E-state index contributed by atoms with van der Waals surface area (Å²) < 4.78 is 0. The lowest BCUT2D eigenvalue weighted by atomic mass is 10.2. The molecule has 2 amide bonds. The minimum atomic E-state index is -0.102. The zero-order chi connectivity index (χ0) is 17.6. The number of hydrogen-bond acceptors (Lipinski definition) is 4. The van der Waals surface area contributed by atoms with Crippen molar-refractivity contribution in [2.75, 3.05) is 23.7 Å². The van der Waals surface area contributed by atoms with E-state index in [2.05, 4.69) is 20.6 Å². The minimum absolute atomic E-state index is 0.102. The van der Waals surface area contributed by atoms with E-state index in [0.717, 1.165) is 28.1 Å². The van der Waals surface area contributed by atoms with Crippen LogP contribution < -0.4 is 10.6 Å². The van der Waals surface area contributed by atoms with Crippen LogP contribution in [0.4, 0.5) is 22.0 Å². The van der Waals surface area contributed by atoms with Gasteiger partial charge in [-0.05, 0) is 44.2 Å². The third kappa shape index (κ3) is 3.85. The number of aromatic nitrogens is 2. The smallest absolute Gasteiger partial charge is 0.321 e. The molecule has 0 aliphatic rings. The third-order valence-electron chi connectivity index (χ3n) is 3.97. The predicted molar refractivity (Wildman–Crippen MR) is 101 cm³/mol. The van der Waals surface area contributed by atoms with Gasteiger partial charge in [0.1, 0.15) is 12.1 Å². The van der Waals surface area contributed by atoms with Gasteiger partial charge in [0.2, 0.25) is 0 Å². The molecule has 3 rings (SSSR count). The van der Waals surface area contributed by atoms with Gasteiger partial charge < -0.3 is 15.5 Å². The molecule has 0 aliphatic carbocycles. The molecular formula is C19H21N5O. The Balaban J connectivity index is 1.81. The molecule has 0 unspecified atom stereocenters. The van der Waals surface area contributed by atoms with Crippen molar-refractivity contribution in [3.8, 4) is 0 Å². The molecule has 25 heavy (non-hydrogen) atoms. The van der Waals surface area contributed by atoms with E-state index in [0.29, 0.717) is 13.1 Å². The molecule has 6 heteroatoms. The van der Waals surface area contributed by atoms with Crippen LogP contribution in [0.3, 0.4) is 0 Å². The monoisotopic (exact) mass is 335 g/mol. The maximum absolute atomic E-state index is 12.2. The summed E-state index contributed by atoms with van der Waals surface area (Å²) in [5.74, 6) is 0.734. The van der Waals surface area contributed by atoms with Crippen LogP contribution in [0.25, 0.3) is 10.9 Å². The van der Waals surface area contributed by atoms with Gasteiger partial charge in [0.15, 0.2) is 0 Å². The van der Waals surface area contributed by atoms with Gasteiger partial charge in [0.05, 0.1) is 5.52 Å². The molecule has 3 aromatic rings. The number of anilines is 3. The van der Waals surface area contributed by atoms with Crippen LogP contribution in [0.5, 0.6) is 0 Å². The molecule has 0 fully saturated rings. The van der Waals surface area contributed by atoms with Crippen molar-refractivity contribution in [1.82, 2.24) is 14.9 Å². The molecule has 6 nitrogen and oxygen atoms in total. The molecule has 128 valence electrons. The number of rotatable bonds is 5. The van der Waals surface area contributed by atoms with Gasteiger partial charge in [-0.1, -0.05) is 18.2 Å². The number of amides is 2. The quantitative estimate of drug-likeness (QED) is 0.731. The van der Waals surface area contributed by atoms with E-state index in [9.17, 15) is 4.79 Å². The lowest BCUT2D eigenvalue weighted by Gasteiger charge is -2.19. The first kappa shape index (κ1) is 16.7. The summed E-state index contributed by atoms with van der Waals surface area (Å²) in [4.78, 5) is 22.5. The SMILES string of the molecule is CCN(CC)C(=O)Nc1cccc(Nc2ncnc3ccccc23)c1. The van der Waals surface area contributed by atoms with Gasteiger partial charge in [0, 0.05) is 29.9 Å². The molecule has 0 spiro atoms. The van der Waals surface area contributed by atoms with E-state index in [1.807, 2.05) is 62.4 Å². The highest BCUT2D eigenvalue weighted by Crippen LogP contribution is 2.24. The highest BCUT2D eigenvalue weighted by Gasteiger charge is 2.10. The summed E-state index contributed by atoms with van der Waals surface area (Å²) in [6, 6.07) is 15.3. The topological polar surface area (TPSA) is 70.2 Å². The Morgan fingerprint density at radius 3 is 2.56 bits per heavy atom. The highest BCUT2D eigenvalue weighted by atomic mass is 16.2. The first-order valence-electron chi connectivity index (χ1n) is 8.34. The minimum Gasteiger partial charge on any atom is -0.340 e. The molecular weight excluding hydrogens is 314 g/mol.